The zero-order valence-electron chi connectivity index (χ0n) is 9.68. The van der Waals surface area contributed by atoms with E-state index in [0.29, 0.717) is 5.12 Å². The minimum absolute atomic E-state index is 0.414. The summed E-state index contributed by atoms with van der Waals surface area (Å²) in [5, 5.41) is 0.414. The van der Waals surface area contributed by atoms with Crippen LogP contribution in [0.4, 0.5) is 0 Å². The Kier molecular flexibility index (Phi) is 11.5. The molecule has 0 aliphatic rings. The molecule has 0 aliphatic heterocycles. The van der Waals surface area contributed by atoms with Crippen LogP contribution in [-0.2, 0) is 4.79 Å². The van der Waals surface area contributed by atoms with Gasteiger partial charge in [0.2, 0.25) is 0 Å². The summed E-state index contributed by atoms with van der Waals surface area (Å²) in [4.78, 5) is 11.3. The summed E-state index contributed by atoms with van der Waals surface area (Å²) in [5.41, 5.74) is 0. The Morgan fingerprint density at radius 3 is 2.50 bits per heavy atom. The summed E-state index contributed by atoms with van der Waals surface area (Å²) in [7, 11) is 1.28. The second-order valence-electron chi connectivity index (χ2n) is 3.74. The van der Waals surface area contributed by atoms with Crippen molar-refractivity contribution in [1.29, 1.82) is 0 Å². The van der Waals surface area contributed by atoms with Gasteiger partial charge in [0.05, 0.1) is 0 Å². The Morgan fingerprint density at radius 1 is 1.14 bits per heavy atom. The highest BCUT2D eigenvalue weighted by molar-refractivity contribution is 8.13. The van der Waals surface area contributed by atoms with Crippen molar-refractivity contribution < 1.29 is 4.79 Å². The predicted octanol–water partition coefficient (Wildman–Crippen LogP) is 2.78. The fourth-order valence-electron chi connectivity index (χ4n) is 1.28. The molecule has 0 atom stereocenters. The van der Waals surface area contributed by atoms with Crippen molar-refractivity contribution in [3.05, 3.63) is 0 Å². The van der Waals surface area contributed by atoms with E-state index in [1.807, 2.05) is 0 Å². The van der Waals surface area contributed by atoms with E-state index in [4.69, 9.17) is 0 Å². The van der Waals surface area contributed by atoms with Crippen LogP contribution in [-0.4, -0.2) is 21.1 Å². The van der Waals surface area contributed by atoms with Gasteiger partial charge < -0.3 is 0 Å². The molecule has 0 radical (unpaired) electrons. The van der Waals surface area contributed by atoms with Crippen molar-refractivity contribution in [2.75, 3.05) is 5.75 Å². The van der Waals surface area contributed by atoms with E-state index in [0.717, 1.165) is 18.6 Å². The first-order valence-corrected chi connectivity index (χ1v) is 8.36. The van der Waals surface area contributed by atoms with Crippen LogP contribution in [0.1, 0.15) is 51.9 Å². The van der Waals surface area contributed by atoms with E-state index < -0.39 is 0 Å². The van der Waals surface area contributed by atoms with Crippen LogP contribution in [0.2, 0.25) is 6.04 Å². The molecule has 0 saturated carbocycles. The number of carbonyl (C=O) groups excluding carboxylic acids is 1. The Balaban J connectivity index is 3.10. The standard InChI is InChI=1S/C11H24OSSi/c1-2-3-4-5-6-8-11(12)13-9-7-10-14/h2-10H2,1,14H3. The lowest BCUT2D eigenvalue weighted by Gasteiger charge is -2.00. The van der Waals surface area contributed by atoms with E-state index in [1.165, 1.54) is 48.4 Å². The molecule has 0 heterocycles. The molecule has 14 heavy (non-hydrogen) atoms. The summed E-state index contributed by atoms with van der Waals surface area (Å²) >= 11 is 1.55. The number of rotatable bonds is 9. The van der Waals surface area contributed by atoms with Gasteiger partial charge in [0.1, 0.15) is 0 Å². The molecule has 0 amide bonds. The summed E-state index contributed by atoms with van der Waals surface area (Å²) in [5.74, 6) is 1.05. The van der Waals surface area contributed by atoms with Crippen molar-refractivity contribution >= 4 is 27.1 Å². The van der Waals surface area contributed by atoms with Crippen LogP contribution in [0.5, 0.6) is 0 Å². The summed E-state index contributed by atoms with van der Waals surface area (Å²) in [6.07, 6.45) is 8.28. The third-order valence-electron chi connectivity index (χ3n) is 2.25. The smallest absolute Gasteiger partial charge is 0.188 e. The van der Waals surface area contributed by atoms with Gasteiger partial charge in [-0.15, -0.1) is 0 Å². The maximum atomic E-state index is 11.3. The fraction of sp³-hybridized carbons (Fsp3) is 0.909. The van der Waals surface area contributed by atoms with E-state index in [-0.39, 0.29) is 0 Å². The first kappa shape index (κ1) is 14.2. The van der Waals surface area contributed by atoms with E-state index >= 15 is 0 Å². The Bertz CT molecular complexity index is 139. The average molecular weight is 232 g/mol. The molecule has 0 spiro atoms. The summed E-state index contributed by atoms with van der Waals surface area (Å²) in [6, 6.07) is 1.33. The molecule has 0 N–H and O–H groups in total. The number of carbonyl (C=O) groups is 1. The monoisotopic (exact) mass is 232 g/mol. The third kappa shape index (κ3) is 10.3. The van der Waals surface area contributed by atoms with Crippen molar-refractivity contribution in [3.63, 3.8) is 0 Å². The number of hydrogen-bond donors (Lipinski definition) is 0. The first-order chi connectivity index (χ1) is 6.81. The van der Waals surface area contributed by atoms with E-state index in [2.05, 4.69) is 6.92 Å². The number of unbranched alkanes of at least 4 members (excludes halogenated alkanes) is 4. The molecular formula is C11H24OSSi. The maximum absolute atomic E-state index is 11.3. The molecule has 0 aliphatic carbocycles. The van der Waals surface area contributed by atoms with Gasteiger partial charge in [-0.1, -0.05) is 50.4 Å². The van der Waals surface area contributed by atoms with Gasteiger partial charge in [-0.3, -0.25) is 4.79 Å². The second-order valence-corrected chi connectivity index (χ2v) is 5.89. The lowest BCUT2D eigenvalue weighted by atomic mass is 10.1. The fourth-order valence-corrected chi connectivity index (χ4v) is 3.09. The molecule has 84 valence electrons. The molecule has 3 heteroatoms. The molecule has 0 rings (SSSR count). The zero-order chi connectivity index (χ0) is 10.6. The Hall–Kier alpha value is 0.237. The molecule has 0 aromatic rings. The predicted molar refractivity (Wildman–Crippen MR) is 70.2 cm³/mol. The number of hydrogen-bond acceptors (Lipinski definition) is 2. The molecule has 0 saturated heterocycles. The van der Waals surface area contributed by atoms with Gasteiger partial charge >= 0.3 is 0 Å². The van der Waals surface area contributed by atoms with Crippen LogP contribution in [0.25, 0.3) is 0 Å². The van der Waals surface area contributed by atoms with Crippen molar-refractivity contribution in [2.45, 2.75) is 57.9 Å². The second kappa shape index (κ2) is 11.3. The zero-order valence-corrected chi connectivity index (χ0v) is 12.5. The molecule has 0 fully saturated rings. The van der Waals surface area contributed by atoms with Gasteiger partial charge in [-0.25, -0.2) is 0 Å². The average Bonchev–Trinajstić information content (AvgIpc) is 2.18. The topological polar surface area (TPSA) is 17.1 Å². The van der Waals surface area contributed by atoms with E-state index in [9.17, 15) is 4.79 Å². The third-order valence-corrected chi connectivity index (χ3v) is 3.97. The number of thioether (sulfide) groups is 1. The SMILES string of the molecule is CCCCCCCC(=O)SCCC[SiH3]. The van der Waals surface area contributed by atoms with Crippen LogP contribution >= 0.6 is 11.8 Å². The molecule has 1 nitrogen and oxygen atoms in total. The quantitative estimate of drug-likeness (QED) is 0.449. The lowest BCUT2D eigenvalue weighted by molar-refractivity contribution is -0.111. The molecule has 0 unspecified atom stereocenters. The Morgan fingerprint density at radius 2 is 1.86 bits per heavy atom. The molecule has 0 bridgehead atoms. The first-order valence-electron chi connectivity index (χ1n) is 5.96. The Labute approximate surface area is 95.8 Å². The van der Waals surface area contributed by atoms with Gasteiger partial charge in [0.15, 0.2) is 5.12 Å². The van der Waals surface area contributed by atoms with Crippen molar-refractivity contribution in [2.24, 2.45) is 0 Å². The van der Waals surface area contributed by atoms with Crippen molar-refractivity contribution in [3.8, 4) is 0 Å². The highest BCUT2D eigenvalue weighted by Crippen LogP contribution is 2.12. The minimum atomic E-state index is 0.414. The highest BCUT2D eigenvalue weighted by atomic mass is 32.2. The van der Waals surface area contributed by atoms with Crippen LogP contribution in [0, 0.1) is 0 Å². The highest BCUT2D eigenvalue weighted by Gasteiger charge is 2.01. The lowest BCUT2D eigenvalue weighted by Crippen LogP contribution is -1.93. The summed E-state index contributed by atoms with van der Waals surface area (Å²) in [6.45, 7) is 2.22. The molecule has 0 aromatic carbocycles. The summed E-state index contributed by atoms with van der Waals surface area (Å²) < 4.78 is 0. The van der Waals surface area contributed by atoms with Crippen LogP contribution < -0.4 is 0 Å². The molecular weight excluding hydrogens is 208 g/mol. The maximum Gasteiger partial charge on any atom is 0.188 e. The normalized spacial score (nSPS) is 10.6. The van der Waals surface area contributed by atoms with E-state index in [1.54, 1.807) is 11.8 Å². The van der Waals surface area contributed by atoms with Crippen LogP contribution in [0.3, 0.4) is 0 Å². The molecule has 0 aromatic heterocycles. The van der Waals surface area contributed by atoms with Gasteiger partial charge in [0, 0.05) is 22.4 Å². The van der Waals surface area contributed by atoms with Gasteiger partial charge in [-0.2, -0.15) is 0 Å². The largest absolute Gasteiger partial charge is 0.287 e. The van der Waals surface area contributed by atoms with Crippen LogP contribution in [0.15, 0.2) is 0 Å². The van der Waals surface area contributed by atoms with Gasteiger partial charge in [0.25, 0.3) is 0 Å². The van der Waals surface area contributed by atoms with Crippen molar-refractivity contribution in [1.82, 2.24) is 0 Å². The minimum Gasteiger partial charge on any atom is -0.287 e. The van der Waals surface area contributed by atoms with Gasteiger partial charge in [-0.05, 0) is 12.8 Å².